The van der Waals surface area contributed by atoms with E-state index in [1.54, 1.807) is 0 Å². The summed E-state index contributed by atoms with van der Waals surface area (Å²) in [4.78, 5) is 7.06. The molecule has 0 radical (unpaired) electrons. The topological polar surface area (TPSA) is 28.2 Å². The molecule has 2 aliphatic rings. The largest absolute Gasteiger partial charge is 0.369 e. The van der Waals surface area contributed by atoms with Gasteiger partial charge in [0.1, 0.15) is 0 Å². The van der Waals surface area contributed by atoms with Gasteiger partial charge in [-0.25, -0.2) is 0 Å². The van der Waals surface area contributed by atoms with Crippen molar-refractivity contribution in [1.82, 2.24) is 10.3 Å². The van der Waals surface area contributed by atoms with E-state index < -0.39 is 0 Å². The quantitative estimate of drug-likeness (QED) is 0.822. The Hall–Kier alpha value is -1.09. The van der Waals surface area contributed by atoms with Crippen LogP contribution in [0, 0.1) is 5.41 Å². The summed E-state index contributed by atoms with van der Waals surface area (Å²) < 4.78 is 0. The molecular weight excluding hydrogens is 222 g/mol. The summed E-state index contributed by atoms with van der Waals surface area (Å²) in [5.41, 5.74) is 3.15. The Balaban J connectivity index is 1.68. The van der Waals surface area contributed by atoms with Crippen LogP contribution < -0.4 is 10.2 Å². The zero-order valence-corrected chi connectivity index (χ0v) is 11.7. The lowest BCUT2D eigenvalue weighted by Crippen LogP contribution is -2.57. The zero-order valence-electron chi connectivity index (χ0n) is 11.7. The number of hydrogen-bond donors (Lipinski definition) is 1. The van der Waals surface area contributed by atoms with Gasteiger partial charge in [-0.15, -0.1) is 0 Å². The molecule has 1 aromatic rings. The van der Waals surface area contributed by atoms with Gasteiger partial charge in [0, 0.05) is 36.2 Å². The molecule has 2 saturated heterocycles. The first-order valence-electron chi connectivity index (χ1n) is 6.91. The maximum absolute atomic E-state index is 4.61. The van der Waals surface area contributed by atoms with Gasteiger partial charge in [-0.2, -0.15) is 0 Å². The second kappa shape index (κ2) is 3.95. The Morgan fingerprint density at radius 1 is 1.28 bits per heavy atom. The van der Waals surface area contributed by atoms with E-state index in [0.717, 1.165) is 0 Å². The summed E-state index contributed by atoms with van der Waals surface area (Å²) in [7, 11) is 0. The smallest absolute Gasteiger partial charge is 0.0553 e. The Labute approximate surface area is 110 Å². The van der Waals surface area contributed by atoms with Crippen LogP contribution in [-0.4, -0.2) is 31.2 Å². The van der Waals surface area contributed by atoms with Crippen molar-refractivity contribution in [1.29, 1.82) is 0 Å². The Morgan fingerprint density at radius 2 is 2.06 bits per heavy atom. The van der Waals surface area contributed by atoms with Crippen LogP contribution in [0.25, 0.3) is 0 Å². The SMILES string of the molecule is CC(C)(C)c1ccc(N2CC3(CCNC3)C2)cn1. The van der Waals surface area contributed by atoms with Gasteiger partial charge in [0.15, 0.2) is 0 Å². The summed E-state index contributed by atoms with van der Waals surface area (Å²) in [6.45, 7) is 11.4. The van der Waals surface area contributed by atoms with Crippen LogP contribution >= 0.6 is 0 Å². The van der Waals surface area contributed by atoms with Crippen LogP contribution in [0.1, 0.15) is 32.9 Å². The molecule has 3 heteroatoms. The number of nitrogens with one attached hydrogen (secondary N) is 1. The van der Waals surface area contributed by atoms with Crippen molar-refractivity contribution in [2.75, 3.05) is 31.1 Å². The number of pyridine rings is 1. The van der Waals surface area contributed by atoms with E-state index in [1.807, 2.05) is 6.20 Å². The van der Waals surface area contributed by atoms with Crippen molar-refractivity contribution in [3.05, 3.63) is 24.0 Å². The number of hydrogen-bond acceptors (Lipinski definition) is 3. The van der Waals surface area contributed by atoms with Gasteiger partial charge in [-0.05, 0) is 25.1 Å². The minimum Gasteiger partial charge on any atom is -0.369 e. The highest BCUT2D eigenvalue weighted by Gasteiger charge is 2.44. The molecule has 3 heterocycles. The minimum atomic E-state index is 0.143. The lowest BCUT2D eigenvalue weighted by molar-refractivity contribution is 0.243. The average molecular weight is 245 g/mol. The highest BCUT2D eigenvalue weighted by Crippen LogP contribution is 2.38. The van der Waals surface area contributed by atoms with Gasteiger partial charge in [0.25, 0.3) is 0 Å². The molecule has 0 unspecified atom stereocenters. The number of nitrogens with zero attached hydrogens (tertiary/aromatic N) is 2. The van der Waals surface area contributed by atoms with Crippen LogP contribution in [0.4, 0.5) is 5.69 Å². The third-order valence-electron chi connectivity index (χ3n) is 4.27. The van der Waals surface area contributed by atoms with Crippen LogP contribution in [0.5, 0.6) is 0 Å². The van der Waals surface area contributed by atoms with Crippen LogP contribution in [0.15, 0.2) is 18.3 Å². The van der Waals surface area contributed by atoms with Gasteiger partial charge in [0.05, 0.1) is 11.9 Å². The van der Waals surface area contributed by atoms with Crippen LogP contribution in [-0.2, 0) is 5.41 Å². The van der Waals surface area contributed by atoms with Crippen molar-refractivity contribution >= 4 is 5.69 Å². The molecule has 3 rings (SSSR count). The van der Waals surface area contributed by atoms with Crippen molar-refractivity contribution in [3.8, 4) is 0 Å². The maximum Gasteiger partial charge on any atom is 0.0553 e. The van der Waals surface area contributed by atoms with Crippen LogP contribution in [0.2, 0.25) is 0 Å². The number of anilines is 1. The normalized spacial score (nSPS) is 22.3. The molecular formula is C15H23N3. The standard InChI is InChI=1S/C15H23N3/c1-14(2,3)13-5-4-12(8-17-13)18-10-15(11-18)6-7-16-9-15/h4-5,8,16H,6-7,9-11H2,1-3H3. The highest BCUT2D eigenvalue weighted by molar-refractivity contribution is 5.49. The molecule has 1 N–H and O–H groups in total. The molecule has 98 valence electrons. The molecule has 18 heavy (non-hydrogen) atoms. The van der Waals surface area contributed by atoms with Gasteiger partial charge in [0.2, 0.25) is 0 Å². The lowest BCUT2D eigenvalue weighted by atomic mass is 9.79. The molecule has 3 nitrogen and oxygen atoms in total. The predicted molar refractivity (Wildman–Crippen MR) is 75.1 cm³/mol. The minimum absolute atomic E-state index is 0.143. The molecule has 2 aliphatic heterocycles. The van der Waals surface area contributed by atoms with Gasteiger partial charge >= 0.3 is 0 Å². The predicted octanol–water partition coefficient (Wildman–Crippen LogP) is 2.18. The average Bonchev–Trinajstić information content (AvgIpc) is 2.75. The van der Waals surface area contributed by atoms with E-state index >= 15 is 0 Å². The first-order chi connectivity index (χ1) is 8.49. The summed E-state index contributed by atoms with van der Waals surface area (Å²) in [5.74, 6) is 0. The molecule has 0 aromatic carbocycles. The van der Waals surface area contributed by atoms with Crippen molar-refractivity contribution in [3.63, 3.8) is 0 Å². The molecule has 2 fully saturated rings. The summed E-state index contributed by atoms with van der Waals surface area (Å²) in [5, 5.41) is 3.47. The van der Waals surface area contributed by atoms with E-state index in [0.29, 0.717) is 5.41 Å². The second-order valence-corrected chi connectivity index (χ2v) is 6.93. The zero-order chi connectivity index (χ0) is 12.8. The van der Waals surface area contributed by atoms with E-state index in [4.69, 9.17) is 0 Å². The molecule has 0 amide bonds. The molecule has 0 aliphatic carbocycles. The van der Waals surface area contributed by atoms with E-state index in [1.165, 1.54) is 44.0 Å². The van der Waals surface area contributed by atoms with Crippen molar-refractivity contribution in [2.24, 2.45) is 5.41 Å². The third-order valence-corrected chi connectivity index (χ3v) is 4.27. The van der Waals surface area contributed by atoms with E-state index in [2.05, 4.69) is 48.1 Å². The fourth-order valence-corrected chi connectivity index (χ4v) is 3.03. The van der Waals surface area contributed by atoms with E-state index in [-0.39, 0.29) is 5.41 Å². The monoisotopic (exact) mass is 245 g/mol. The molecule has 1 spiro atoms. The molecule has 1 aromatic heterocycles. The van der Waals surface area contributed by atoms with Gasteiger partial charge < -0.3 is 10.2 Å². The molecule has 0 atom stereocenters. The fraction of sp³-hybridized carbons (Fsp3) is 0.667. The lowest BCUT2D eigenvalue weighted by Gasteiger charge is -2.49. The Morgan fingerprint density at radius 3 is 2.56 bits per heavy atom. The Bertz CT molecular complexity index is 416. The molecule has 0 saturated carbocycles. The second-order valence-electron chi connectivity index (χ2n) is 6.93. The first kappa shape index (κ1) is 12.0. The van der Waals surface area contributed by atoms with Crippen molar-refractivity contribution < 1.29 is 0 Å². The highest BCUT2D eigenvalue weighted by atomic mass is 15.2. The summed E-state index contributed by atoms with van der Waals surface area (Å²) >= 11 is 0. The number of aromatic nitrogens is 1. The van der Waals surface area contributed by atoms with Crippen molar-refractivity contribution in [2.45, 2.75) is 32.6 Å². The van der Waals surface area contributed by atoms with Gasteiger partial charge in [-0.1, -0.05) is 20.8 Å². The van der Waals surface area contributed by atoms with E-state index in [9.17, 15) is 0 Å². The maximum atomic E-state index is 4.61. The summed E-state index contributed by atoms with van der Waals surface area (Å²) in [6.07, 6.45) is 3.37. The van der Waals surface area contributed by atoms with Crippen LogP contribution in [0.3, 0.4) is 0 Å². The first-order valence-corrected chi connectivity index (χ1v) is 6.91. The third kappa shape index (κ3) is 2.01. The number of rotatable bonds is 1. The molecule has 0 bridgehead atoms. The fourth-order valence-electron chi connectivity index (χ4n) is 3.03. The summed E-state index contributed by atoms with van der Waals surface area (Å²) in [6, 6.07) is 4.40. The van der Waals surface area contributed by atoms with Gasteiger partial charge in [-0.3, -0.25) is 4.98 Å². The Kier molecular flexibility index (Phi) is 2.63.